The van der Waals surface area contributed by atoms with Crippen molar-refractivity contribution in [3.8, 4) is 11.3 Å². The lowest BCUT2D eigenvalue weighted by Crippen LogP contribution is -2.49. The SMILES string of the molecule is COCc1c(-c2ccc(C(=O)N(c3nccc4scc(C)c34)[C@@H]3CCCNC3)c(F)c2)nnn1C. The van der Waals surface area contributed by atoms with Crippen LogP contribution in [0, 0.1) is 12.7 Å². The number of pyridine rings is 1. The maximum atomic E-state index is 15.5. The fourth-order valence-electron chi connectivity index (χ4n) is 4.65. The average Bonchev–Trinajstić information content (AvgIpc) is 3.43. The maximum absolute atomic E-state index is 15.5. The predicted molar refractivity (Wildman–Crippen MR) is 134 cm³/mol. The number of ether oxygens (including phenoxy) is 1. The van der Waals surface area contributed by atoms with E-state index in [0.29, 0.717) is 30.2 Å². The van der Waals surface area contributed by atoms with Crippen LogP contribution in [0.25, 0.3) is 21.3 Å². The predicted octanol–water partition coefficient (Wildman–Crippen LogP) is 4.08. The molecule has 8 nitrogen and oxygen atoms in total. The van der Waals surface area contributed by atoms with Gasteiger partial charge in [-0.25, -0.2) is 14.1 Å². The molecule has 0 radical (unpaired) electrons. The van der Waals surface area contributed by atoms with Crippen molar-refractivity contribution in [2.45, 2.75) is 32.4 Å². The summed E-state index contributed by atoms with van der Waals surface area (Å²) in [6, 6.07) is 6.41. The fraction of sp³-hybridized carbons (Fsp3) is 0.360. The van der Waals surface area contributed by atoms with Gasteiger partial charge in [0.1, 0.15) is 17.3 Å². The van der Waals surface area contributed by atoms with Crippen LogP contribution in [0.4, 0.5) is 10.2 Å². The molecule has 35 heavy (non-hydrogen) atoms. The molecule has 0 bridgehead atoms. The smallest absolute Gasteiger partial charge is 0.262 e. The highest BCUT2D eigenvalue weighted by Gasteiger charge is 2.32. The second-order valence-corrected chi connectivity index (χ2v) is 9.65. The van der Waals surface area contributed by atoms with Gasteiger partial charge >= 0.3 is 0 Å². The number of nitrogens with zero attached hydrogens (tertiary/aromatic N) is 5. The lowest BCUT2D eigenvalue weighted by Gasteiger charge is -2.34. The summed E-state index contributed by atoms with van der Waals surface area (Å²) in [5.74, 6) is -0.422. The van der Waals surface area contributed by atoms with Gasteiger partial charge in [-0.15, -0.1) is 16.4 Å². The quantitative estimate of drug-likeness (QED) is 0.435. The Morgan fingerprint density at radius 1 is 1.37 bits per heavy atom. The number of carbonyl (C=O) groups is 1. The Morgan fingerprint density at radius 3 is 2.97 bits per heavy atom. The van der Waals surface area contributed by atoms with Crippen molar-refractivity contribution in [1.82, 2.24) is 25.3 Å². The van der Waals surface area contributed by atoms with E-state index in [1.54, 1.807) is 47.3 Å². The molecule has 1 atom stereocenters. The third-order valence-electron chi connectivity index (χ3n) is 6.43. The minimum Gasteiger partial charge on any atom is -0.378 e. The summed E-state index contributed by atoms with van der Waals surface area (Å²) >= 11 is 1.62. The van der Waals surface area contributed by atoms with Gasteiger partial charge in [-0.05, 0) is 55.5 Å². The summed E-state index contributed by atoms with van der Waals surface area (Å²) in [7, 11) is 3.34. The van der Waals surface area contributed by atoms with Crippen molar-refractivity contribution in [2.24, 2.45) is 7.05 Å². The standard InChI is InChI=1S/C25H27FN6O2S/c1-15-14-35-21-8-10-28-24(22(15)21)32(17-5-4-9-27-12-17)25(33)18-7-6-16(11-19(18)26)23-20(13-34-3)31(2)30-29-23/h6-8,10-11,14,17,27H,4-5,9,12-13H2,1-3H3/t17-/m1/s1. The largest absolute Gasteiger partial charge is 0.378 e. The number of nitrogens with one attached hydrogen (secondary N) is 1. The zero-order chi connectivity index (χ0) is 24.5. The summed E-state index contributed by atoms with van der Waals surface area (Å²) in [5, 5.41) is 14.6. The van der Waals surface area contributed by atoms with Gasteiger partial charge in [0, 0.05) is 42.5 Å². The third kappa shape index (κ3) is 4.33. The first-order chi connectivity index (χ1) is 17.0. The molecule has 10 heteroatoms. The Hall–Kier alpha value is -3.21. The molecule has 1 aliphatic rings. The van der Waals surface area contributed by atoms with E-state index >= 15 is 4.39 Å². The van der Waals surface area contributed by atoms with E-state index in [0.717, 1.165) is 40.7 Å². The number of rotatable bonds is 6. The molecular formula is C25H27FN6O2S. The topological polar surface area (TPSA) is 85.2 Å². The Morgan fingerprint density at radius 2 is 2.23 bits per heavy atom. The minimum atomic E-state index is -0.607. The number of halogens is 1. The van der Waals surface area contributed by atoms with Crippen LogP contribution < -0.4 is 10.2 Å². The first-order valence-corrected chi connectivity index (χ1v) is 12.4. The number of aryl methyl sites for hydroxylation is 2. The van der Waals surface area contributed by atoms with Gasteiger partial charge in [0.25, 0.3) is 5.91 Å². The van der Waals surface area contributed by atoms with Crippen LogP contribution in [0.5, 0.6) is 0 Å². The van der Waals surface area contributed by atoms with Gasteiger partial charge in [-0.3, -0.25) is 9.69 Å². The van der Waals surface area contributed by atoms with E-state index in [4.69, 9.17) is 4.74 Å². The summed E-state index contributed by atoms with van der Waals surface area (Å²) in [6.45, 7) is 3.84. The van der Waals surface area contributed by atoms with Gasteiger partial charge < -0.3 is 10.1 Å². The maximum Gasteiger partial charge on any atom is 0.262 e. The zero-order valence-electron chi connectivity index (χ0n) is 19.9. The summed E-state index contributed by atoms with van der Waals surface area (Å²) in [4.78, 5) is 20.2. The molecule has 5 rings (SSSR count). The molecule has 0 spiro atoms. The van der Waals surface area contributed by atoms with E-state index < -0.39 is 11.7 Å². The molecule has 1 amide bonds. The zero-order valence-corrected chi connectivity index (χ0v) is 20.7. The number of thiophene rings is 1. The van der Waals surface area contributed by atoms with Crippen molar-refractivity contribution in [3.05, 3.63) is 58.5 Å². The molecule has 4 aromatic rings. The van der Waals surface area contributed by atoms with E-state index in [1.807, 2.05) is 13.0 Å². The van der Waals surface area contributed by atoms with Crippen molar-refractivity contribution < 1.29 is 13.9 Å². The fourth-order valence-corrected chi connectivity index (χ4v) is 5.58. The molecule has 182 valence electrons. The van der Waals surface area contributed by atoms with E-state index in [1.165, 1.54) is 12.1 Å². The summed E-state index contributed by atoms with van der Waals surface area (Å²) in [5.41, 5.74) is 2.85. The summed E-state index contributed by atoms with van der Waals surface area (Å²) < 4.78 is 23.4. The number of anilines is 1. The van der Waals surface area contributed by atoms with Crippen LogP contribution in [-0.4, -0.2) is 52.1 Å². The monoisotopic (exact) mass is 494 g/mol. The Kier molecular flexibility index (Phi) is 6.59. The molecule has 0 unspecified atom stereocenters. The molecule has 1 N–H and O–H groups in total. The molecule has 1 fully saturated rings. The minimum absolute atomic E-state index is 0.00295. The second-order valence-electron chi connectivity index (χ2n) is 8.74. The van der Waals surface area contributed by atoms with Gasteiger partial charge in [0.15, 0.2) is 0 Å². The number of amides is 1. The number of benzene rings is 1. The normalized spacial score (nSPS) is 16.1. The number of hydrogen-bond acceptors (Lipinski definition) is 7. The Bertz CT molecular complexity index is 1380. The third-order valence-corrected chi connectivity index (χ3v) is 7.50. The molecular weight excluding hydrogens is 467 g/mol. The second kappa shape index (κ2) is 9.80. The van der Waals surface area contributed by atoms with E-state index in [9.17, 15) is 4.79 Å². The lowest BCUT2D eigenvalue weighted by molar-refractivity contribution is 0.0968. The first-order valence-electron chi connectivity index (χ1n) is 11.5. The lowest BCUT2D eigenvalue weighted by atomic mass is 10.0. The van der Waals surface area contributed by atoms with Crippen molar-refractivity contribution >= 4 is 33.1 Å². The van der Waals surface area contributed by atoms with Crippen LogP contribution >= 0.6 is 11.3 Å². The molecule has 1 saturated heterocycles. The van der Waals surface area contributed by atoms with E-state index in [-0.39, 0.29) is 11.6 Å². The highest BCUT2D eigenvalue weighted by atomic mass is 32.1. The van der Waals surface area contributed by atoms with Gasteiger partial charge in [0.05, 0.1) is 23.9 Å². The van der Waals surface area contributed by atoms with Crippen LogP contribution in [-0.2, 0) is 18.4 Å². The molecule has 4 heterocycles. The van der Waals surface area contributed by atoms with Crippen LogP contribution in [0.3, 0.4) is 0 Å². The van der Waals surface area contributed by atoms with E-state index in [2.05, 4.69) is 26.0 Å². The molecule has 0 saturated carbocycles. The number of methoxy groups -OCH3 is 1. The van der Waals surface area contributed by atoms with Crippen molar-refractivity contribution in [2.75, 3.05) is 25.1 Å². The van der Waals surface area contributed by atoms with Crippen LogP contribution in [0.1, 0.15) is 34.5 Å². The number of aromatic nitrogens is 4. The summed E-state index contributed by atoms with van der Waals surface area (Å²) in [6.07, 6.45) is 3.47. The first kappa shape index (κ1) is 23.5. The van der Waals surface area contributed by atoms with Gasteiger partial charge in [0.2, 0.25) is 0 Å². The molecule has 3 aromatic heterocycles. The average molecular weight is 495 g/mol. The van der Waals surface area contributed by atoms with Crippen LogP contribution in [0.2, 0.25) is 0 Å². The number of piperidine rings is 1. The number of fused-ring (bicyclic) bond motifs is 1. The molecule has 1 aliphatic heterocycles. The Labute approximate surface area is 206 Å². The van der Waals surface area contributed by atoms with Gasteiger partial charge in [-0.1, -0.05) is 11.3 Å². The molecule has 1 aromatic carbocycles. The molecule has 0 aliphatic carbocycles. The van der Waals surface area contributed by atoms with Crippen molar-refractivity contribution in [1.29, 1.82) is 0 Å². The Balaban J connectivity index is 1.57. The van der Waals surface area contributed by atoms with Crippen LogP contribution in [0.15, 0.2) is 35.8 Å². The van der Waals surface area contributed by atoms with Crippen molar-refractivity contribution in [3.63, 3.8) is 0 Å². The number of carbonyl (C=O) groups excluding carboxylic acids is 1. The number of hydrogen-bond donors (Lipinski definition) is 1. The van der Waals surface area contributed by atoms with Gasteiger partial charge in [-0.2, -0.15) is 0 Å². The highest BCUT2D eigenvalue weighted by Crippen LogP contribution is 2.35. The highest BCUT2D eigenvalue weighted by molar-refractivity contribution is 7.17.